The second-order valence-electron chi connectivity index (χ2n) is 6.58. The molecular formula is C21H22N4O4. The van der Waals surface area contributed by atoms with Gasteiger partial charge in [-0.1, -0.05) is 38.0 Å². The van der Waals surface area contributed by atoms with Gasteiger partial charge in [-0.2, -0.15) is 10.2 Å². The van der Waals surface area contributed by atoms with E-state index in [2.05, 4.69) is 22.5 Å². The molecule has 0 unspecified atom stereocenters. The first-order valence-corrected chi connectivity index (χ1v) is 9.36. The van der Waals surface area contributed by atoms with E-state index in [9.17, 15) is 19.8 Å². The summed E-state index contributed by atoms with van der Waals surface area (Å²) in [5, 5.41) is 27.9. The minimum atomic E-state index is -0.551. The van der Waals surface area contributed by atoms with Gasteiger partial charge in [-0.15, -0.1) is 0 Å². The summed E-state index contributed by atoms with van der Waals surface area (Å²) in [5.41, 5.74) is 2.77. The number of hydrogen-bond donors (Lipinski definition) is 3. The third-order valence-corrected chi connectivity index (χ3v) is 4.44. The molecule has 0 spiro atoms. The van der Waals surface area contributed by atoms with Crippen LogP contribution in [-0.4, -0.2) is 32.1 Å². The Balaban J connectivity index is 1.87. The molecule has 1 aromatic heterocycles. The molecule has 150 valence electrons. The quantitative estimate of drug-likeness (QED) is 0.247. The molecule has 1 heterocycles. The van der Waals surface area contributed by atoms with Gasteiger partial charge in [-0.3, -0.25) is 9.59 Å². The average molecular weight is 394 g/mol. The van der Waals surface area contributed by atoms with Crippen LogP contribution in [0.25, 0.3) is 10.8 Å². The molecular weight excluding hydrogens is 372 g/mol. The van der Waals surface area contributed by atoms with Crippen molar-refractivity contribution in [1.29, 1.82) is 0 Å². The van der Waals surface area contributed by atoms with Crippen molar-refractivity contribution in [3.63, 3.8) is 0 Å². The maximum absolute atomic E-state index is 12.7. The van der Waals surface area contributed by atoms with Crippen molar-refractivity contribution in [3.8, 4) is 11.5 Å². The number of aryl methyl sites for hydroxylation is 1. The van der Waals surface area contributed by atoms with E-state index in [1.807, 2.05) is 0 Å². The SMILES string of the molecule is CCCCCn1nc(C(=O)N/N=C/c2ccc(O)c(O)c2)c2ccccc2c1=O. The Morgan fingerprint density at radius 3 is 2.62 bits per heavy atom. The Hall–Kier alpha value is -3.68. The highest BCUT2D eigenvalue weighted by atomic mass is 16.3. The van der Waals surface area contributed by atoms with Crippen molar-refractivity contribution in [2.24, 2.45) is 5.10 Å². The van der Waals surface area contributed by atoms with Gasteiger partial charge in [0, 0.05) is 11.9 Å². The van der Waals surface area contributed by atoms with Crippen LogP contribution in [0.1, 0.15) is 42.2 Å². The molecule has 0 aliphatic rings. The number of unbranched alkanes of at least 4 members (excludes halogenated alkanes) is 2. The number of aromatic nitrogens is 2. The topological polar surface area (TPSA) is 117 Å². The summed E-state index contributed by atoms with van der Waals surface area (Å²) in [6.45, 7) is 2.51. The zero-order chi connectivity index (χ0) is 20.8. The summed E-state index contributed by atoms with van der Waals surface area (Å²) < 4.78 is 1.33. The van der Waals surface area contributed by atoms with Gasteiger partial charge in [0.25, 0.3) is 11.5 Å². The molecule has 0 saturated heterocycles. The minimum Gasteiger partial charge on any atom is -0.504 e. The average Bonchev–Trinajstić information content (AvgIpc) is 2.72. The van der Waals surface area contributed by atoms with Gasteiger partial charge in [0.05, 0.1) is 11.6 Å². The fraction of sp³-hybridized carbons (Fsp3) is 0.238. The van der Waals surface area contributed by atoms with E-state index in [0.717, 1.165) is 19.3 Å². The summed E-state index contributed by atoms with van der Waals surface area (Å²) >= 11 is 0. The van der Waals surface area contributed by atoms with E-state index in [1.165, 1.54) is 29.1 Å². The van der Waals surface area contributed by atoms with Gasteiger partial charge in [-0.25, -0.2) is 10.1 Å². The highest BCUT2D eigenvalue weighted by molar-refractivity contribution is 6.04. The van der Waals surface area contributed by atoms with Gasteiger partial charge in [0.1, 0.15) is 0 Å². The number of nitrogens with zero attached hydrogens (tertiary/aromatic N) is 3. The zero-order valence-corrected chi connectivity index (χ0v) is 16.0. The van der Waals surface area contributed by atoms with Crippen LogP contribution >= 0.6 is 0 Å². The Labute approximate surface area is 167 Å². The van der Waals surface area contributed by atoms with Gasteiger partial charge in [0.2, 0.25) is 0 Å². The molecule has 29 heavy (non-hydrogen) atoms. The number of hydrogen-bond acceptors (Lipinski definition) is 6. The second-order valence-corrected chi connectivity index (χ2v) is 6.58. The number of phenolic OH excluding ortho intramolecular Hbond substituents is 2. The number of amides is 1. The standard InChI is InChI=1S/C21H22N4O4/c1-2-3-6-11-25-21(29)16-8-5-4-7-15(16)19(24-25)20(28)23-22-13-14-9-10-17(26)18(27)12-14/h4-5,7-10,12-13,26-27H,2-3,6,11H2,1H3,(H,23,28)/b22-13+. The maximum Gasteiger partial charge on any atom is 0.292 e. The largest absolute Gasteiger partial charge is 0.504 e. The number of phenols is 2. The van der Waals surface area contributed by atoms with Crippen LogP contribution in [0.5, 0.6) is 11.5 Å². The van der Waals surface area contributed by atoms with Crippen LogP contribution in [0, 0.1) is 0 Å². The monoisotopic (exact) mass is 394 g/mol. The predicted molar refractivity (Wildman–Crippen MR) is 110 cm³/mol. The fourth-order valence-electron chi connectivity index (χ4n) is 2.91. The lowest BCUT2D eigenvalue weighted by atomic mass is 10.1. The van der Waals surface area contributed by atoms with E-state index in [0.29, 0.717) is 22.9 Å². The van der Waals surface area contributed by atoms with Crippen LogP contribution in [0.15, 0.2) is 52.4 Å². The van der Waals surface area contributed by atoms with E-state index in [1.54, 1.807) is 24.3 Å². The predicted octanol–water partition coefficient (Wildman–Crippen LogP) is 2.76. The molecule has 0 atom stereocenters. The first kappa shape index (κ1) is 20.1. The van der Waals surface area contributed by atoms with Crippen LogP contribution in [0.4, 0.5) is 0 Å². The molecule has 0 aliphatic carbocycles. The molecule has 0 fully saturated rings. The lowest BCUT2D eigenvalue weighted by molar-refractivity contribution is 0.0949. The molecule has 0 aliphatic heterocycles. The smallest absolute Gasteiger partial charge is 0.292 e. The van der Waals surface area contributed by atoms with E-state index >= 15 is 0 Å². The van der Waals surface area contributed by atoms with Crippen LogP contribution in [-0.2, 0) is 6.54 Å². The first-order chi connectivity index (χ1) is 14.0. The van der Waals surface area contributed by atoms with Gasteiger partial charge in [0.15, 0.2) is 17.2 Å². The summed E-state index contributed by atoms with van der Waals surface area (Å²) in [6, 6.07) is 11.0. The molecule has 3 rings (SSSR count). The molecule has 2 aromatic carbocycles. The van der Waals surface area contributed by atoms with Crippen LogP contribution in [0.2, 0.25) is 0 Å². The Morgan fingerprint density at radius 1 is 1.14 bits per heavy atom. The van der Waals surface area contributed by atoms with Gasteiger partial charge < -0.3 is 10.2 Å². The summed E-state index contributed by atoms with van der Waals surface area (Å²) in [7, 11) is 0. The van der Waals surface area contributed by atoms with Crippen molar-refractivity contribution in [3.05, 3.63) is 64.1 Å². The minimum absolute atomic E-state index is 0.113. The Kier molecular flexibility index (Phi) is 6.23. The number of carbonyl (C=O) groups is 1. The summed E-state index contributed by atoms with van der Waals surface area (Å²) in [5.74, 6) is -1.08. The zero-order valence-electron chi connectivity index (χ0n) is 16.0. The number of aromatic hydroxyl groups is 2. The van der Waals surface area contributed by atoms with Crippen molar-refractivity contribution in [2.75, 3.05) is 0 Å². The fourth-order valence-corrected chi connectivity index (χ4v) is 2.91. The number of rotatable bonds is 7. The third kappa shape index (κ3) is 4.60. The molecule has 8 heteroatoms. The van der Waals surface area contributed by atoms with Gasteiger partial charge >= 0.3 is 0 Å². The Morgan fingerprint density at radius 2 is 1.90 bits per heavy atom. The highest BCUT2D eigenvalue weighted by Crippen LogP contribution is 2.24. The first-order valence-electron chi connectivity index (χ1n) is 9.36. The lowest BCUT2D eigenvalue weighted by Crippen LogP contribution is -2.29. The molecule has 0 saturated carbocycles. The normalized spacial score (nSPS) is 11.2. The molecule has 0 radical (unpaired) electrons. The van der Waals surface area contributed by atoms with Crippen molar-refractivity contribution >= 4 is 22.9 Å². The summed E-state index contributed by atoms with van der Waals surface area (Å²) in [4.78, 5) is 25.3. The number of benzene rings is 2. The third-order valence-electron chi connectivity index (χ3n) is 4.44. The lowest BCUT2D eigenvalue weighted by Gasteiger charge is -2.10. The van der Waals surface area contributed by atoms with Crippen molar-refractivity contribution < 1.29 is 15.0 Å². The van der Waals surface area contributed by atoms with Gasteiger partial charge in [-0.05, 0) is 36.2 Å². The summed E-state index contributed by atoms with van der Waals surface area (Å²) in [6.07, 6.45) is 4.10. The Bertz CT molecular complexity index is 1120. The second kappa shape index (κ2) is 9.01. The molecule has 3 N–H and O–H groups in total. The van der Waals surface area contributed by atoms with Crippen molar-refractivity contribution in [1.82, 2.24) is 15.2 Å². The van der Waals surface area contributed by atoms with E-state index < -0.39 is 5.91 Å². The van der Waals surface area contributed by atoms with Crippen molar-refractivity contribution in [2.45, 2.75) is 32.7 Å². The number of carbonyl (C=O) groups excluding carboxylic acids is 1. The molecule has 0 bridgehead atoms. The highest BCUT2D eigenvalue weighted by Gasteiger charge is 2.16. The van der Waals surface area contributed by atoms with Crippen LogP contribution in [0.3, 0.4) is 0 Å². The van der Waals surface area contributed by atoms with Crippen LogP contribution < -0.4 is 11.0 Å². The number of nitrogens with one attached hydrogen (secondary N) is 1. The molecule has 3 aromatic rings. The molecule has 8 nitrogen and oxygen atoms in total. The maximum atomic E-state index is 12.7. The van der Waals surface area contributed by atoms with E-state index in [-0.39, 0.29) is 22.8 Å². The number of hydrazone groups is 1. The van der Waals surface area contributed by atoms with E-state index in [4.69, 9.17) is 0 Å². The molecule has 1 amide bonds. The number of fused-ring (bicyclic) bond motifs is 1.